The van der Waals surface area contributed by atoms with E-state index in [1.54, 1.807) is 18.2 Å². The van der Waals surface area contributed by atoms with Crippen LogP contribution in [0.15, 0.2) is 28.7 Å². The van der Waals surface area contributed by atoms with Crippen LogP contribution in [0.3, 0.4) is 0 Å². The lowest BCUT2D eigenvalue weighted by atomic mass is 9.94. The van der Waals surface area contributed by atoms with Crippen molar-refractivity contribution in [2.24, 2.45) is 0 Å². The van der Waals surface area contributed by atoms with E-state index in [1.807, 2.05) is 0 Å². The van der Waals surface area contributed by atoms with Gasteiger partial charge in [0.05, 0.1) is 16.8 Å². The van der Waals surface area contributed by atoms with Crippen LogP contribution in [-0.4, -0.2) is 22.1 Å². The summed E-state index contributed by atoms with van der Waals surface area (Å²) in [4.78, 5) is 23.7. The van der Waals surface area contributed by atoms with E-state index in [1.165, 1.54) is 6.07 Å². The molecule has 18 heavy (non-hydrogen) atoms. The minimum Gasteiger partial charge on any atom is -0.397 e. The topological polar surface area (TPSA) is 83.6 Å². The zero-order valence-corrected chi connectivity index (χ0v) is 10.6. The normalized spacial score (nSPS) is 14.4. The average molecular weight is 307 g/mol. The molecule has 0 aromatic heterocycles. The Hall–Kier alpha value is -1.92. The zero-order valence-electron chi connectivity index (χ0n) is 8.98. The van der Waals surface area contributed by atoms with Crippen molar-refractivity contribution >= 4 is 44.2 Å². The van der Waals surface area contributed by atoms with E-state index in [0.717, 1.165) is 0 Å². The monoisotopic (exact) mass is 306 g/mol. The smallest absolute Gasteiger partial charge is 0.285 e. The van der Waals surface area contributed by atoms with Gasteiger partial charge in [-0.2, -0.15) is 0 Å². The molecule has 0 bridgehead atoms. The predicted molar refractivity (Wildman–Crippen MR) is 68.3 cm³/mol. The molecule has 0 saturated heterocycles. The van der Waals surface area contributed by atoms with E-state index < -0.39 is 11.8 Å². The van der Waals surface area contributed by atoms with Crippen molar-refractivity contribution < 1.29 is 14.8 Å². The number of rotatable bonds is 0. The number of hydrogen-bond donors (Lipinski definition) is 2. The molecule has 2 aromatic carbocycles. The molecule has 0 radical (unpaired) electrons. The Kier molecular flexibility index (Phi) is 2.20. The highest BCUT2D eigenvalue weighted by Gasteiger charge is 2.32. The van der Waals surface area contributed by atoms with E-state index in [-0.39, 0.29) is 16.2 Å². The van der Waals surface area contributed by atoms with E-state index >= 15 is 0 Å². The third-order valence-electron chi connectivity index (χ3n) is 3.00. The standard InChI is InChI=1S/C12H7BrN2O3/c13-8-4-7-9-5(10(8)14)2-1-3-6(9)11(16)15(18)12(7)17/h1-4,18H,14H2. The number of hydrogen-bond acceptors (Lipinski definition) is 4. The first kappa shape index (κ1) is 11.2. The Morgan fingerprint density at radius 1 is 1.17 bits per heavy atom. The van der Waals surface area contributed by atoms with Crippen molar-refractivity contribution in [2.75, 3.05) is 5.73 Å². The molecule has 6 heteroatoms. The number of carbonyl (C=O) groups excluding carboxylic acids is 2. The molecule has 3 rings (SSSR count). The summed E-state index contributed by atoms with van der Waals surface area (Å²) in [6, 6.07) is 6.46. The van der Waals surface area contributed by atoms with Crippen LogP contribution in [0.1, 0.15) is 20.7 Å². The lowest BCUT2D eigenvalue weighted by Crippen LogP contribution is -2.37. The van der Waals surface area contributed by atoms with Gasteiger partial charge in [-0.1, -0.05) is 12.1 Å². The lowest BCUT2D eigenvalue weighted by Gasteiger charge is -2.22. The fourth-order valence-corrected chi connectivity index (χ4v) is 2.58. The van der Waals surface area contributed by atoms with Gasteiger partial charge in [0.2, 0.25) is 0 Å². The summed E-state index contributed by atoms with van der Waals surface area (Å²) in [6.07, 6.45) is 0. The molecule has 3 N–H and O–H groups in total. The van der Waals surface area contributed by atoms with E-state index in [9.17, 15) is 14.8 Å². The maximum atomic E-state index is 11.9. The number of carbonyl (C=O) groups is 2. The summed E-state index contributed by atoms with van der Waals surface area (Å²) in [7, 11) is 0. The van der Waals surface area contributed by atoms with Gasteiger partial charge in [-0.3, -0.25) is 14.8 Å². The third kappa shape index (κ3) is 1.24. The van der Waals surface area contributed by atoms with E-state index in [2.05, 4.69) is 15.9 Å². The molecule has 0 aliphatic carbocycles. The Morgan fingerprint density at radius 3 is 2.56 bits per heavy atom. The minimum absolute atomic E-state index is 0.125. The van der Waals surface area contributed by atoms with Crippen LogP contribution in [0, 0.1) is 0 Å². The third-order valence-corrected chi connectivity index (χ3v) is 3.65. The second kappa shape index (κ2) is 3.54. The van der Waals surface area contributed by atoms with E-state index in [0.29, 0.717) is 20.9 Å². The number of nitrogens with zero attached hydrogens (tertiary/aromatic N) is 1. The first-order valence-corrected chi connectivity index (χ1v) is 5.90. The van der Waals surface area contributed by atoms with Gasteiger partial charge in [-0.15, -0.1) is 5.06 Å². The first-order chi connectivity index (χ1) is 8.52. The van der Waals surface area contributed by atoms with Crippen LogP contribution in [0.2, 0.25) is 0 Å². The van der Waals surface area contributed by atoms with Crippen molar-refractivity contribution in [3.63, 3.8) is 0 Å². The molecule has 0 fully saturated rings. The molecule has 0 spiro atoms. The highest BCUT2D eigenvalue weighted by Crippen LogP contribution is 2.36. The average Bonchev–Trinajstić information content (AvgIpc) is 2.38. The van der Waals surface area contributed by atoms with Crippen LogP contribution in [0.5, 0.6) is 0 Å². The van der Waals surface area contributed by atoms with Gasteiger partial charge in [0.25, 0.3) is 11.8 Å². The number of anilines is 1. The van der Waals surface area contributed by atoms with Crippen molar-refractivity contribution in [3.8, 4) is 0 Å². The SMILES string of the molecule is Nc1c(Br)cc2c3c(cccc13)C(=O)N(O)C2=O. The maximum Gasteiger partial charge on any atom is 0.285 e. The summed E-state index contributed by atoms with van der Waals surface area (Å²) in [5, 5.41) is 10.7. The van der Waals surface area contributed by atoms with Crippen molar-refractivity contribution in [3.05, 3.63) is 39.9 Å². The molecular weight excluding hydrogens is 300 g/mol. The molecule has 2 aromatic rings. The Balaban J connectivity index is 2.57. The van der Waals surface area contributed by atoms with Gasteiger partial charge >= 0.3 is 0 Å². The predicted octanol–water partition coefficient (Wildman–Crippen LogP) is 2.17. The van der Waals surface area contributed by atoms with Crippen LogP contribution in [-0.2, 0) is 0 Å². The van der Waals surface area contributed by atoms with E-state index in [4.69, 9.17) is 5.73 Å². The van der Waals surface area contributed by atoms with Gasteiger partial charge in [0, 0.05) is 15.2 Å². The number of imide groups is 1. The minimum atomic E-state index is -0.746. The summed E-state index contributed by atoms with van der Waals surface area (Å²) >= 11 is 3.26. The fourth-order valence-electron chi connectivity index (χ4n) is 2.14. The molecule has 0 atom stereocenters. The molecule has 5 nitrogen and oxygen atoms in total. The number of benzene rings is 2. The Bertz CT molecular complexity index is 727. The molecular formula is C12H7BrN2O3. The van der Waals surface area contributed by atoms with Gasteiger partial charge in [-0.25, -0.2) is 0 Å². The quantitative estimate of drug-likeness (QED) is 0.444. The molecule has 2 amide bonds. The number of halogens is 1. The summed E-state index contributed by atoms with van der Waals surface area (Å²) < 4.78 is 0.554. The number of hydroxylamine groups is 2. The number of amides is 2. The molecule has 90 valence electrons. The summed E-state index contributed by atoms with van der Waals surface area (Å²) in [5.41, 5.74) is 6.90. The summed E-state index contributed by atoms with van der Waals surface area (Å²) in [5.74, 6) is -1.48. The Morgan fingerprint density at radius 2 is 1.83 bits per heavy atom. The maximum absolute atomic E-state index is 11.9. The van der Waals surface area contributed by atoms with Gasteiger partial charge < -0.3 is 5.73 Å². The molecule has 1 heterocycles. The highest BCUT2D eigenvalue weighted by molar-refractivity contribution is 9.10. The first-order valence-electron chi connectivity index (χ1n) is 5.10. The Labute approximate surface area is 110 Å². The second-order valence-corrected chi connectivity index (χ2v) is 4.82. The molecule has 0 saturated carbocycles. The van der Waals surface area contributed by atoms with Crippen LogP contribution < -0.4 is 5.73 Å². The lowest BCUT2D eigenvalue weighted by molar-refractivity contribution is -0.0377. The van der Waals surface area contributed by atoms with Crippen molar-refractivity contribution in [1.82, 2.24) is 5.06 Å². The number of nitrogens with two attached hydrogens (primary N) is 1. The van der Waals surface area contributed by atoms with Crippen LogP contribution >= 0.6 is 15.9 Å². The fraction of sp³-hybridized carbons (Fsp3) is 0. The van der Waals surface area contributed by atoms with Gasteiger partial charge in [-0.05, 0) is 28.1 Å². The van der Waals surface area contributed by atoms with Crippen molar-refractivity contribution in [1.29, 1.82) is 0 Å². The van der Waals surface area contributed by atoms with Crippen molar-refractivity contribution in [2.45, 2.75) is 0 Å². The molecule has 0 unspecified atom stereocenters. The molecule has 1 aliphatic rings. The van der Waals surface area contributed by atoms with Crippen LogP contribution in [0.25, 0.3) is 10.8 Å². The molecule has 1 aliphatic heterocycles. The highest BCUT2D eigenvalue weighted by atomic mass is 79.9. The van der Waals surface area contributed by atoms with Crippen LogP contribution in [0.4, 0.5) is 5.69 Å². The second-order valence-electron chi connectivity index (χ2n) is 3.97. The zero-order chi connectivity index (χ0) is 13.0. The largest absolute Gasteiger partial charge is 0.397 e. The summed E-state index contributed by atoms with van der Waals surface area (Å²) in [6.45, 7) is 0. The number of nitrogen functional groups attached to an aromatic ring is 1. The van der Waals surface area contributed by atoms with Gasteiger partial charge in [0.15, 0.2) is 0 Å². The van der Waals surface area contributed by atoms with Gasteiger partial charge in [0.1, 0.15) is 0 Å².